The summed E-state index contributed by atoms with van der Waals surface area (Å²) in [6, 6.07) is -1.26. The molecule has 0 aromatic carbocycles. The first-order valence-corrected chi connectivity index (χ1v) is 3.27. The first-order valence-electron chi connectivity index (χ1n) is 3.27. The van der Waals surface area contributed by atoms with Crippen molar-refractivity contribution in [2.24, 2.45) is 5.73 Å². The van der Waals surface area contributed by atoms with Crippen LogP contribution in [0.2, 0.25) is 0 Å². The van der Waals surface area contributed by atoms with Crippen molar-refractivity contribution in [1.82, 2.24) is 0 Å². The van der Waals surface area contributed by atoms with Crippen LogP contribution in [-0.4, -0.2) is 40.9 Å². The Morgan fingerprint density at radius 2 is 2.08 bits per heavy atom. The molecule has 0 aliphatic rings. The highest BCUT2D eigenvalue weighted by Gasteiger charge is 2.22. The van der Waals surface area contributed by atoms with Crippen molar-refractivity contribution in [3.05, 3.63) is 0 Å². The number of carboxylic acid groups (broad SMARTS) is 1. The van der Waals surface area contributed by atoms with E-state index in [4.69, 9.17) is 15.9 Å². The average Bonchev–Trinajstić information content (AvgIpc) is 2.02. The second kappa shape index (κ2) is 4.68. The molecule has 0 saturated heterocycles. The summed E-state index contributed by atoms with van der Waals surface area (Å²) in [7, 11) is 0. The lowest BCUT2D eigenvalue weighted by Crippen LogP contribution is -2.42. The molecule has 0 fully saturated rings. The zero-order valence-electron chi connectivity index (χ0n) is 6.56. The Balaban J connectivity index is 3.94. The zero-order valence-corrected chi connectivity index (χ0v) is 6.56. The molecule has 0 aliphatic heterocycles. The third kappa shape index (κ3) is 3.31. The number of aliphatic carboxylic acids is 1. The van der Waals surface area contributed by atoms with Gasteiger partial charge in [0.25, 0.3) is 0 Å². The maximum atomic E-state index is 10.4. The van der Waals surface area contributed by atoms with E-state index in [0.717, 1.165) is 0 Å². The van der Waals surface area contributed by atoms with Crippen molar-refractivity contribution in [2.75, 3.05) is 6.61 Å². The van der Waals surface area contributed by atoms with E-state index in [1.165, 1.54) is 6.92 Å². The summed E-state index contributed by atoms with van der Waals surface area (Å²) in [5.41, 5.74) is 5.10. The maximum Gasteiger partial charge on any atom is 0.332 e. The predicted molar refractivity (Wildman–Crippen MR) is 38.3 cm³/mol. The molecule has 0 aromatic rings. The topological polar surface area (TPSA) is 110 Å². The molecule has 4 N–H and O–H groups in total. The van der Waals surface area contributed by atoms with E-state index in [1.54, 1.807) is 0 Å². The quantitative estimate of drug-likeness (QED) is 0.442. The highest BCUT2D eigenvalue weighted by atomic mass is 16.6. The smallest absolute Gasteiger partial charge is 0.332 e. The lowest BCUT2D eigenvalue weighted by atomic mass is 10.2. The van der Waals surface area contributed by atoms with Gasteiger partial charge in [-0.3, -0.25) is 4.79 Å². The third-order valence-corrected chi connectivity index (χ3v) is 1.24. The molecular formula is C6H11NO5. The molecule has 0 saturated carbocycles. The van der Waals surface area contributed by atoms with E-state index >= 15 is 0 Å². The van der Waals surface area contributed by atoms with E-state index in [1.807, 2.05) is 0 Å². The van der Waals surface area contributed by atoms with E-state index in [2.05, 4.69) is 4.74 Å². The summed E-state index contributed by atoms with van der Waals surface area (Å²) in [5, 5.41) is 16.6. The van der Waals surface area contributed by atoms with Crippen LogP contribution in [-0.2, 0) is 14.3 Å². The number of aliphatic hydroxyl groups excluding tert-OH is 1. The Bertz CT molecular complexity index is 181. The Morgan fingerprint density at radius 3 is 2.42 bits per heavy atom. The molecule has 1 unspecified atom stereocenters. The van der Waals surface area contributed by atoms with Gasteiger partial charge in [-0.2, -0.15) is 0 Å². The van der Waals surface area contributed by atoms with Gasteiger partial charge in [-0.15, -0.1) is 0 Å². The second-order valence-corrected chi connectivity index (χ2v) is 2.22. The summed E-state index contributed by atoms with van der Waals surface area (Å²) in [5.74, 6) is -2.15. The third-order valence-electron chi connectivity index (χ3n) is 1.24. The number of carboxylic acids is 1. The van der Waals surface area contributed by atoms with Crippen LogP contribution in [0.25, 0.3) is 0 Å². The fourth-order valence-electron chi connectivity index (χ4n) is 0.519. The van der Waals surface area contributed by atoms with Crippen LogP contribution in [0.1, 0.15) is 6.92 Å². The van der Waals surface area contributed by atoms with E-state index in [9.17, 15) is 9.59 Å². The molecule has 0 amide bonds. The number of nitrogens with two attached hydrogens (primary N) is 1. The summed E-state index contributed by atoms with van der Waals surface area (Å²) in [6.45, 7) is 0.559. The number of hydrogen-bond acceptors (Lipinski definition) is 5. The maximum absolute atomic E-state index is 10.4. The first kappa shape index (κ1) is 10.9. The molecule has 70 valence electrons. The number of aliphatic hydroxyl groups is 1. The van der Waals surface area contributed by atoms with Crippen LogP contribution in [0.4, 0.5) is 0 Å². The summed E-state index contributed by atoms with van der Waals surface area (Å²) < 4.78 is 4.43. The SMILES string of the molecule is CC(OC(=O)CO)[C@H](N)C(=O)O. The second-order valence-electron chi connectivity index (χ2n) is 2.22. The Labute approximate surface area is 68.9 Å². The van der Waals surface area contributed by atoms with Crippen molar-refractivity contribution in [2.45, 2.75) is 19.1 Å². The minimum Gasteiger partial charge on any atom is -0.480 e. The summed E-state index contributed by atoms with van der Waals surface area (Å²) >= 11 is 0. The number of ether oxygens (including phenoxy) is 1. The molecule has 6 heteroatoms. The predicted octanol–water partition coefficient (Wildman–Crippen LogP) is -1.68. The fourth-order valence-corrected chi connectivity index (χ4v) is 0.519. The summed E-state index contributed by atoms with van der Waals surface area (Å²) in [6.07, 6.45) is -0.942. The minimum atomic E-state index is -1.26. The van der Waals surface area contributed by atoms with Crippen molar-refractivity contribution in [3.63, 3.8) is 0 Å². The van der Waals surface area contributed by atoms with Crippen LogP contribution in [0.3, 0.4) is 0 Å². The monoisotopic (exact) mass is 177 g/mol. The Hall–Kier alpha value is -1.14. The molecule has 0 aliphatic carbocycles. The lowest BCUT2D eigenvalue weighted by Gasteiger charge is -2.15. The van der Waals surface area contributed by atoms with Gasteiger partial charge in [0, 0.05) is 0 Å². The van der Waals surface area contributed by atoms with Gasteiger partial charge in [0.2, 0.25) is 0 Å². The van der Waals surface area contributed by atoms with Gasteiger partial charge in [0.1, 0.15) is 18.8 Å². The highest BCUT2D eigenvalue weighted by molar-refractivity contribution is 5.75. The molecule has 0 spiro atoms. The number of carbonyl (C=O) groups is 2. The molecule has 12 heavy (non-hydrogen) atoms. The largest absolute Gasteiger partial charge is 0.480 e. The standard InChI is InChI=1S/C6H11NO5/c1-3(5(7)6(10)11)12-4(9)2-8/h3,5,8H,2,7H2,1H3,(H,10,11)/t3?,5-/m0/s1. The fraction of sp³-hybridized carbons (Fsp3) is 0.667. The van der Waals surface area contributed by atoms with Gasteiger partial charge in [-0.25, -0.2) is 4.79 Å². The van der Waals surface area contributed by atoms with Gasteiger partial charge in [0.05, 0.1) is 0 Å². The van der Waals surface area contributed by atoms with E-state index in [-0.39, 0.29) is 0 Å². The van der Waals surface area contributed by atoms with Gasteiger partial charge < -0.3 is 20.7 Å². The van der Waals surface area contributed by atoms with Gasteiger partial charge in [0.15, 0.2) is 0 Å². The van der Waals surface area contributed by atoms with Gasteiger partial charge in [-0.05, 0) is 6.92 Å². The lowest BCUT2D eigenvalue weighted by molar-refractivity contribution is -0.156. The minimum absolute atomic E-state index is 0.781. The van der Waals surface area contributed by atoms with E-state index < -0.39 is 30.7 Å². The molecule has 0 heterocycles. The molecule has 2 atom stereocenters. The van der Waals surface area contributed by atoms with Crippen molar-refractivity contribution < 1.29 is 24.5 Å². The molecule has 0 rings (SSSR count). The van der Waals surface area contributed by atoms with Crippen LogP contribution in [0.15, 0.2) is 0 Å². The molecule has 0 bridgehead atoms. The zero-order chi connectivity index (χ0) is 9.72. The van der Waals surface area contributed by atoms with Crippen molar-refractivity contribution in [3.8, 4) is 0 Å². The van der Waals surface area contributed by atoms with Crippen molar-refractivity contribution >= 4 is 11.9 Å². The normalized spacial score (nSPS) is 14.9. The van der Waals surface area contributed by atoms with E-state index in [0.29, 0.717) is 0 Å². The first-order chi connectivity index (χ1) is 5.49. The summed E-state index contributed by atoms with van der Waals surface area (Å²) in [4.78, 5) is 20.7. The molecule has 0 radical (unpaired) electrons. The number of rotatable bonds is 4. The van der Waals surface area contributed by atoms with Crippen LogP contribution in [0.5, 0.6) is 0 Å². The average molecular weight is 177 g/mol. The van der Waals surface area contributed by atoms with Gasteiger partial charge in [-0.1, -0.05) is 0 Å². The molecular weight excluding hydrogens is 166 g/mol. The Morgan fingerprint density at radius 1 is 1.58 bits per heavy atom. The Kier molecular flexibility index (Phi) is 4.24. The van der Waals surface area contributed by atoms with Gasteiger partial charge >= 0.3 is 11.9 Å². The number of esters is 1. The van der Waals surface area contributed by atoms with Crippen LogP contribution >= 0.6 is 0 Å². The molecule has 6 nitrogen and oxygen atoms in total. The number of hydrogen-bond donors (Lipinski definition) is 3. The van der Waals surface area contributed by atoms with Crippen LogP contribution in [0, 0.1) is 0 Å². The van der Waals surface area contributed by atoms with Crippen molar-refractivity contribution in [1.29, 1.82) is 0 Å². The molecule has 0 aromatic heterocycles. The van der Waals surface area contributed by atoms with Crippen LogP contribution < -0.4 is 5.73 Å². The highest BCUT2D eigenvalue weighted by Crippen LogP contribution is 1.96. The number of carbonyl (C=O) groups excluding carboxylic acids is 1.